The molecule has 1 amide bonds. The van der Waals surface area contributed by atoms with Gasteiger partial charge in [0, 0.05) is 10.9 Å². The summed E-state index contributed by atoms with van der Waals surface area (Å²) >= 11 is 0. The van der Waals surface area contributed by atoms with Gasteiger partial charge in [-0.15, -0.1) is 0 Å². The molecule has 2 aromatic carbocycles. The molecule has 6 nitrogen and oxygen atoms in total. The van der Waals surface area contributed by atoms with E-state index >= 15 is 0 Å². The predicted molar refractivity (Wildman–Crippen MR) is 114 cm³/mol. The van der Waals surface area contributed by atoms with Crippen LogP contribution in [-0.2, 0) is 0 Å². The van der Waals surface area contributed by atoms with Crippen LogP contribution in [0.2, 0.25) is 0 Å². The third-order valence-electron chi connectivity index (χ3n) is 5.84. The summed E-state index contributed by atoms with van der Waals surface area (Å²) in [6.07, 6.45) is 0.941. The molecule has 0 aliphatic heterocycles. The van der Waals surface area contributed by atoms with Crippen LogP contribution >= 0.6 is 0 Å². The van der Waals surface area contributed by atoms with Crippen LogP contribution in [0.1, 0.15) is 35.9 Å². The summed E-state index contributed by atoms with van der Waals surface area (Å²) < 4.78 is 5.39. The Morgan fingerprint density at radius 2 is 1.97 bits per heavy atom. The number of pyridine rings is 1. The van der Waals surface area contributed by atoms with Crippen LogP contribution in [0.5, 0.6) is 5.75 Å². The van der Waals surface area contributed by atoms with Crippen molar-refractivity contribution >= 4 is 16.7 Å². The standard InChI is InChI=1S/C24H23N3O3/c1-14-8-11-20(28)22(14)27-24(29)23-17-10-9-16(30-2)12-18(17)21(19(13-25)26-23)15-6-4-3-5-7-15/h3-7,9-10,12,14,20,22,28H,8,11H2,1-2H3,(H,27,29)/t14-,20-,22+/m1/s1. The zero-order chi connectivity index (χ0) is 21.3. The smallest absolute Gasteiger partial charge is 0.270 e. The summed E-state index contributed by atoms with van der Waals surface area (Å²) in [5.74, 6) is 0.411. The first-order chi connectivity index (χ1) is 14.5. The highest BCUT2D eigenvalue weighted by Gasteiger charge is 2.34. The maximum atomic E-state index is 13.2. The van der Waals surface area contributed by atoms with Crippen molar-refractivity contribution in [1.29, 1.82) is 5.26 Å². The molecule has 1 aromatic heterocycles. The Hall–Kier alpha value is -3.43. The Balaban J connectivity index is 1.89. The van der Waals surface area contributed by atoms with Crippen LogP contribution in [0.25, 0.3) is 21.9 Å². The van der Waals surface area contributed by atoms with Gasteiger partial charge in [0.05, 0.1) is 19.3 Å². The van der Waals surface area contributed by atoms with Crippen molar-refractivity contribution < 1.29 is 14.6 Å². The van der Waals surface area contributed by atoms with Crippen LogP contribution in [0.4, 0.5) is 0 Å². The minimum Gasteiger partial charge on any atom is -0.497 e. The maximum absolute atomic E-state index is 13.2. The van der Waals surface area contributed by atoms with Gasteiger partial charge in [-0.1, -0.05) is 37.3 Å². The number of hydrogen-bond donors (Lipinski definition) is 2. The number of hydrogen-bond acceptors (Lipinski definition) is 5. The summed E-state index contributed by atoms with van der Waals surface area (Å²) in [5.41, 5.74) is 1.85. The third kappa shape index (κ3) is 3.49. The van der Waals surface area contributed by atoms with Crippen LogP contribution in [-0.4, -0.2) is 35.3 Å². The van der Waals surface area contributed by atoms with E-state index in [-0.39, 0.29) is 29.3 Å². The highest BCUT2D eigenvalue weighted by atomic mass is 16.5. The van der Waals surface area contributed by atoms with Crippen LogP contribution < -0.4 is 10.1 Å². The van der Waals surface area contributed by atoms with Gasteiger partial charge in [-0.3, -0.25) is 4.79 Å². The van der Waals surface area contributed by atoms with E-state index < -0.39 is 6.10 Å². The number of aromatic nitrogens is 1. The van der Waals surface area contributed by atoms with Crippen molar-refractivity contribution in [2.45, 2.75) is 31.9 Å². The number of carbonyl (C=O) groups is 1. The van der Waals surface area contributed by atoms with Gasteiger partial charge < -0.3 is 15.2 Å². The number of nitrogens with zero attached hydrogens (tertiary/aromatic N) is 2. The van der Waals surface area contributed by atoms with Crippen LogP contribution in [0.3, 0.4) is 0 Å². The monoisotopic (exact) mass is 401 g/mol. The Morgan fingerprint density at radius 1 is 1.20 bits per heavy atom. The molecule has 1 saturated carbocycles. The van der Waals surface area contributed by atoms with Gasteiger partial charge in [0.2, 0.25) is 0 Å². The lowest BCUT2D eigenvalue weighted by Gasteiger charge is -2.21. The lowest BCUT2D eigenvalue weighted by atomic mass is 9.95. The number of fused-ring (bicyclic) bond motifs is 1. The molecule has 30 heavy (non-hydrogen) atoms. The number of ether oxygens (including phenoxy) is 1. The normalized spacial score (nSPS) is 20.7. The Bertz CT molecular complexity index is 1130. The molecule has 1 fully saturated rings. The molecular formula is C24H23N3O3. The van der Waals surface area contributed by atoms with Gasteiger partial charge in [0.15, 0.2) is 0 Å². The largest absolute Gasteiger partial charge is 0.497 e. The number of amides is 1. The number of aliphatic hydroxyl groups excluding tert-OH is 1. The molecule has 4 rings (SSSR count). The molecule has 0 radical (unpaired) electrons. The molecule has 152 valence electrons. The average Bonchev–Trinajstić information content (AvgIpc) is 3.09. The molecule has 3 aromatic rings. The van der Waals surface area contributed by atoms with E-state index in [1.165, 1.54) is 0 Å². The second kappa shape index (κ2) is 8.13. The molecule has 6 heteroatoms. The Labute approximate surface area is 175 Å². The van der Waals surface area contributed by atoms with Gasteiger partial charge in [-0.2, -0.15) is 5.26 Å². The topological polar surface area (TPSA) is 95.2 Å². The van der Waals surface area contributed by atoms with Gasteiger partial charge in [-0.25, -0.2) is 4.98 Å². The maximum Gasteiger partial charge on any atom is 0.270 e. The van der Waals surface area contributed by atoms with Gasteiger partial charge in [-0.05, 0) is 47.9 Å². The fourth-order valence-electron chi connectivity index (χ4n) is 4.20. The first-order valence-electron chi connectivity index (χ1n) is 9.99. The van der Waals surface area contributed by atoms with E-state index in [9.17, 15) is 15.2 Å². The summed E-state index contributed by atoms with van der Waals surface area (Å²) in [4.78, 5) is 17.6. The van der Waals surface area contributed by atoms with Crippen molar-refractivity contribution in [2.24, 2.45) is 5.92 Å². The highest BCUT2D eigenvalue weighted by Crippen LogP contribution is 2.35. The van der Waals surface area contributed by atoms with Crippen LogP contribution in [0, 0.1) is 17.2 Å². The molecule has 0 saturated heterocycles. The van der Waals surface area contributed by atoms with Crippen molar-refractivity contribution in [1.82, 2.24) is 10.3 Å². The van der Waals surface area contributed by atoms with E-state index in [4.69, 9.17) is 4.74 Å². The number of benzene rings is 2. The SMILES string of the molecule is COc1ccc2c(C(=O)N[C@H]3[C@H](C)CC[C@H]3O)nc(C#N)c(-c3ccccc3)c2c1. The van der Waals surface area contributed by atoms with E-state index in [2.05, 4.69) is 16.4 Å². The molecule has 0 spiro atoms. The second-order valence-corrected chi connectivity index (χ2v) is 7.69. The van der Waals surface area contributed by atoms with E-state index in [0.29, 0.717) is 23.1 Å². The molecule has 1 heterocycles. The molecule has 3 atom stereocenters. The average molecular weight is 401 g/mol. The van der Waals surface area contributed by atoms with Crippen LogP contribution in [0.15, 0.2) is 48.5 Å². The molecule has 2 N–H and O–H groups in total. The molecule has 1 aliphatic carbocycles. The zero-order valence-electron chi connectivity index (χ0n) is 16.9. The van der Waals surface area contributed by atoms with Gasteiger partial charge in [0.1, 0.15) is 23.2 Å². The number of methoxy groups -OCH3 is 1. The quantitative estimate of drug-likeness (QED) is 0.695. The summed E-state index contributed by atoms with van der Waals surface area (Å²) in [6, 6.07) is 16.7. The number of rotatable bonds is 4. The van der Waals surface area contributed by atoms with E-state index in [1.807, 2.05) is 43.3 Å². The fourth-order valence-corrected chi connectivity index (χ4v) is 4.20. The number of carbonyl (C=O) groups excluding carboxylic acids is 1. The number of aliphatic hydroxyl groups is 1. The van der Waals surface area contributed by atoms with Crippen molar-refractivity contribution in [3.05, 3.63) is 59.9 Å². The number of nitrogens with one attached hydrogen (secondary N) is 1. The van der Waals surface area contributed by atoms with Gasteiger partial charge >= 0.3 is 0 Å². The molecule has 0 unspecified atom stereocenters. The van der Waals surface area contributed by atoms with Crippen molar-refractivity contribution in [3.8, 4) is 22.9 Å². The first kappa shape index (κ1) is 19.9. The Morgan fingerprint density at radius 3 is 2.60 bits per heavy atom. The first-order valence-corrected chi connectivity index (χ1v) is 9.99. The lowest BCUT2D eigenvalue weighted by Crippen LogP contribution is -2.43. The molecule has 0 bridgehead atoms. The summed E-state index contributed by atoms with van der Waals surface area (Å²) in [5, 5.41) is 24.3. The van der Waals surface area contributed by atoms with Crippen molar-refractivity contribution in [3.63, 3.8) is 0 Å². The zero-order valence-corrected chi connectivity index (χ0v) is 16.9. The van der Waals surface area contributed by atoms with Crippen molar-refractivity contribution in [2.75, 3.05) is 7.11 Å². The fraction of sp³-hybridized carbons (Fsp3) is 0.292. The second-order valence-electron chi connectivity index (χ2n) is 7.69. The van der Waals surface area contributed by atoms with E-state index in [0.717, 1.165) is 17.4 Å². The Kier molecular flexibility index (Phi) is 5.39. The third-order valence-corrected chi connectivity index (χ3v) is 5.84. The summed E-state index contributed by atoms with van der Waals surface area (Å²) in [7, 11) is 1.58. The lowest BCUT2D eigenvalue weighted by molar-refractivity contribution is 0.0847. The molecule has 1 aliphatic rings. The minimum atomic E-state index is -0.575. The predicted octanol–water partition coefficient (Wildman–Crippen LogP) is 3.67. The molecular weight excluding hydrogens is 378 g/mol. The minimum absolute atomic E-state index is 0.173. The van der Waals surface area contributed by atoms with Gasteiger partial charge in [0.25, 0.3) is 5.91 Å². The summed E-state index contributed by atoms with van der Waals surface area (Å²) in [6.45, 7) is 2.01. The number of nitriles is 1. The van der Waals surface area contributed by atoms with E-state index in [1.54, 1.807) is 19.2 Å². The highest BCUT2D eigenvalue weighted by molar-refractivity contribution is 6.10.